The van der Waals surface area contributed by atoms with Crippen molar-refractivity contribution in [2.45, 2.75) is 37.2 Å². The third-order valence-electron chi connectivity index (χ3n) is 4.01. The molecule has 0 saturated carbocycles. The van der Waals surface area contributed by atoms with Crippen LogP contribution in [0.25, 0.3) is 0 Å². The number of carbonyl (C=O) groups excluding carboxylic acids is 1. The van der Waals surface area contributed by atoms with Crippen LogP contribution in [-0.4, -0.2) is 31.5 Å². The van der Waals surface area contributed by atoms with E-state index in [1.54, 1.807) is 6.92 Å². The van der Waals surface area contributed by atoms with Crippen molar-refractivity contribution in [3.05, 3.63) is 65.7 Å². The zero-order valence-corrected chi connectivity index (χ0v) is 15.2. The van der Waals surface area contributed by atoms with Gasteiger partial charge in [0.2, 0.25) is 10.0 Å². The Hall–Kier alpha value is -2.02. The summed E-state index contributed by atoms with van der Waals surface area (Å²) in [7, 11) is -3.74. The van der Waals surface area contributed by atoms with Gasteiger partial charge in [-0.05, 0) is 44.4 Å². The second kappa shape index (κ2) is 7.91. The fourth-order valence-corrected chi connectivity index (χ4v) is 3.51. The highest BCUT2D eigenvalue weighted by Gasteiger charge is 2.24. The lowest BCUT2D eigenvalue weighted by molar-refractivity contribution is 0.0565. The molecular weight excluding hydrogens is 338 g/mol. The Morgan fingerprint density at radius 1 is 1.08 bits per heavy atom. The van der Waals surface area contributed by atoms with Crippen LogP contribution in [0.4, 0.5) is 0 Å². The van der Waals surface area contributed by atoms with Gasteiger partial charge in [0.05, 0.1) is 10.5 Å². The average Bonchev–Trinajstić information content (AvgIpc) is 2.60. The molecule has 0 aliphatic rings. The molecule has 0 heterocycles. The molecule has 25 heavy (non-hydrogen) atoms. The highest BCUT2D eigenvalue weighted by atomic mass is 32.2. The maximum absolute atomic E-state index is 12.3. The first-order valence-electron chi connectivity index (χ1n) is 8.07. The Morgan fingerprint density at radius 2 is 1.68 bits per heavy atom. The first-order chi connectivity index (χ1) is 11.7. The smallest absolute Gasteiger partial charge is 0.240 e. The Kier molecular flexibility index (Phi) is 6.11. The summed E-state index contributed by atoms with van der Waals surface area (Å²) in [5.41, 5.74) is 0.377. The lowest BCUT2D eigenvalue weighted by Crippen LogP contribution is -2.40. The van der Waals surface area contributed by atoms with E-state index >= 15 is 0 Å². The fourth-order valence-electron chi connectivity index (χ4n) is 2.35. The summed E-state index contributed by atoms with van der Waals surface area (Å²) in [6, 6.07) is 15.4. The summed E-state index contributed by atoms with van der Waals surface area (Å²) in [5, 5.41) is 10.4. The lowest BCUT2D eigenvalue weighted by atomic mass is 9.97. The van der Waals surface area contributed by atoms with Crippen molar-refractivity contribution in [3.63, 3.8) is 0 Å². The van der Waals surface area contributed by atoms with E-state index < -0.39 is 15.6 Å². The third kappa shape index (κ3) is 5.77. The highest BCUT2D eigenvalue weighted by Crippen LogP contribution is 2.16. The molecule has 6 heteroatoms. The van der Waals surface area contributed by atoms with Crippen molar-refractivity contribution in [1.29, 1.82) is 0 Å². The first-order valence-corrected chi connectivity index (χ1v) is 9.55. The second-order valence-electron chi connectivity index (χ2n) is 6.39. The normalized spacial score (nSPS) is 14.0. The highest BCUT2D eigenvalue weighted by molar-refractivity contribution is 7.89. The van der Waals surface area contributed by atoms with Gasteiger partial charge in [0.1, 0.15) is 0 Å². The van der Waals surface area contributed by atoms with Gasteiger partial charge in [-0.3, -0.25) is 4.79 Å². The molecule has 2 N–H and O–H groups in total. The number of hydrogen-bond acceptors (Lipinski definition) is 4. The van der Waals surface area contributed by atoms with Crippen molar-refractivity contribution in [3.8, 4) is 0 Å². The van der Waals surface area contributed by atoms with E-state index in [9.17, 15) is 18.3 Å². The summed E-state index contributed by atoms with van der Waals surface area (Å²) < 4.78 is 27.1. The van der Waals surface area contributed by atoms with Crippen LogP contribution < -0.4 is 4.72 Å². The molecule has 1 atom stereocenters. The van der Waals surface area contributed by atoms with Gasteiger partial charge in [0.25, 0.3) is 0 Å². The molecule has 2 aromatic carbocycles. The van der Waals surface area contributed by atoms with Gasteiger partial charge in [0, 0.05) is 12.1 Å². The van der Waals surface area contributed by atoms with Crippen molar-refractivity contribution >= 4 is 15.8 Å². The SMILES string of the molecule is CC(=O)c1ccc(S(=O)(=O)NCC(C)(O)CCc2ccccc2)cc1. The molecule has 5 nitrogen and oxygen atoms in total. The van der Waals surface area contributed by atoms with Crippen LogP contribution in [0.15, 0.2) is 59.5 Å². The van der Waals surface area contributed by atoms with Crippen molar-refractivity contribution in [1.82, 2.24) is 4.72 Å². The number of ketones is 1. The van der Waals surface area contributed by atoms with Crippen LogP contribution in [0.5, 0.6) is 0 Å². The van der Waals surface area contributed by atoms with Crippen LogP contribution in [0.3, 0.4) is 0 Å². The van der Waals surface area contributed by atoms with E-state index in [1.165, 1.54) is 31.2 Å². The lowest BCUT2D eigenvalue weighted by Gasteiger charge is -2.23. The zero-order chi connectivity index (χ0) is 18.5. The molecule has 0 amide bonds. The van der Waals surface area contributed by atoms with E-state index in [0.717, 1.165) is 5.56 Å². The number of hydrogen-bond donors (Lipinski definition) is 2. The minimum Gasteiger partial charge on any atom is -0.389 e. The molecule has 2 rings (SSSR count). The van der Waals surface area contributed by atoms with Crippen LogP contribution in [0.1, 0.15) is 36.2 Å². The number of benzene rings is 2. The van der Waals surface area contributed by atoms with E-state index in [4.69, 9.17) is 0 Å². The van der Waals surface area contributed by atoms with Gasteiger partial charge in [-0.15, -0.1) is 0 Å². The van der Waals surface area contributed by atoms with Gasteiger partial charge < -0.3 is 5.11 Å². The number of aliphatic hydroxyl groups is 1. The third-order valence-corrected chi connectivity index (χ3v) is 5.43. The molecule has 0 spiro atoms. The number of Topliss-reactive ketones (excluding diaryl/α,β-unsaturated/α-hetero) is 1. The largest absolute Gasteiger partial charge is 0.389 e. The molecular formula is C19H23NO4S. The first kappa shape index (κ1) is 19.3. The van der Waals surface area contributed by atoms with Crippen molar-refractivity contribution in [2.24, 2.45) is 0 Å². The van der Waals surface area contributed by atoms with Crippen molar-refractivity contribution in [2.75, 3.05) is 6.54 Å². The van der Waals surface area contributed by atoms with Crippen molar-refractivity contribution < 1.29 is 18.3 Å². The van der Waals surface area contributed by atoms with E-state index in [1.807, 2.05) is 30.3 Å². The summed E-state index contributed by atoms with van der Waals surface area (Å²) in [6.45, 7) is 2.94. The number of aryl methyl sites for hydroxylation is 1. The summed E-state index contributed by atoms with van der Waals surface area (Å²) in [6.07, 6.45) is 1.09. The van der Waals surface area contributed by atoms with Gasteiger partial charge in [-0.25, -0.2) is 13.1 Å². The van der Waals surface area contributed by atoms with Gasteiger partial charge in [-0.2, -0.15) is 0 Å². The molecule has 134 valence electrons. The van der Waals surface area contributed by atoms with Gasteiger partial charge in [-0.1, -0.05) is 42.5 Å². The number of nitrogens with one attached hydrogen (secondary N) is 1. The standard InChI is InChI=1S/C19H23NO4S/c1-15(21)17-8-10-18(11-9-17)25(23,24)20-14-19(2,22)13-12-16-6-4-3-5-7-16/h3-11,20,22H,12-14H2,1-2H3. The minimum atomic E-state index is -3.74. The maximum Gasteiger partial charge on any atom is 0.240 e. The fraction of sp³-hybridized carbons (Fsp3) is 0.316. The maximum atomic E-state index is 12.3. The molecule has 0 aliphatic carbocycles. The monoisotopic (exact) mass is 361 g/mol. The van der Waals surface area contributed by atoms with Gasteiger partial charge >= 0.3 is 0 Å². The Morgan fingerprint density at radius 3 is 2.24 bits per heavy atom. The van der Waals surface area contributed by atoms with Gasteiger partial charge in [0.15, 0.2) is 5.78 Å². The molecule has 0 radical (unpaired) electrons. The average molecular weight is 361 g/mol. The molecule has 1 unspecified atom stereocenters. The molecule has 2 aromatic rings. The summed E-state index contributed by atoms with van der Waals surface area (Å²) in [5.74, 6) is -0.124. The molecule has 0 fully saturated rings. The number of sulfonamides is 1. The predicted octanol–water partition coefficient (Wildman–Crippen LogP) is 2.55. The van der Waals surface area contributed by atoms with Crippen LogP contribution >= 0.6 is 0 Å². The predicted molar refractivity (Wildman–Crippen MR) is 97.0 cm³/mol. The number of rotatable bonds is 8. The molecule has 0 aliphatic heterocycles. The van der Waals surface area contributed by atoms with E-state index in [2.05, 4.69) is 4.72 Å². The van der Waals surface area contributed by atoms with Crippen LogP contribution in [0, 0.1) is 0 Å². The topological polar surface area (TPSA) is 83.5 Å². The second-order valence-corrected chi connectivity index (χ2v) is 8.15. The number of carbonyl (C=O) groups is 1. The Balaban J connectivity index is 1.96. The van der Waals surface area contributed by atoms with Crippen LogP contribution in [0.2, 0.25) is 0 Å². The quantitative estimate of drug-likeness (QED) is 0.708. The molecule has 0 aromatic heterocycles. The summed E-state index contributed by atoms with van der Waals surface area (Å²) >= 11 is 0. The van der Waals surface area contributed by atoms with E-state index in [0.29, 0.717) is 18.4 Å². The van der Waals surface area contributed by atoms with Crippen LogP contribution in [-0.2, 0) is 16.4 Å². The van der Waals surface area contributed by atoms with E-state index in [-0.39, 0.29) is 17.2 Å². The summed E-state index contributed by atoms with van der Waals surface area (Å²) in [4.78, 5) is 11.3. The molecule has 0 saturated heterocycles. The Bertz CT molecular complexity index is 812. The zero-order valence-electron chi connectivity index (χ0n) is 14.4. The molecule has 0 bridgehead atoms. The Labute approximate surface area is 148 Å². The minimum absolute atomic E-state index is 0.0661.